The average Bonchev–Trinajstić information content (AvgIpc) is 2.36. The summed E-state index contributed by atoms with van der Waals surface area (Å²) in [6.07, 6.45) is 3.57. The van der Waals surface area contributed by atoms with E-state index >= 15 is 0 Å². The van der Waals surface area contributed by atoms with Crippen molar-refractivity contribution >= 4 is 15.9 Å². The van der Waals surface area contributed by atoms with Gasteiger partial charge < -0.3 is 4.90 Å². The topological polar surface area (TPSA) is 80.5 Å². The van der Waals surface area contributed by atoms with Gasteiger partial charge in [0.1, 0.15) is 0 Å². The maximum absolute atomic E-state index is 12.4. The molecule has 0 atom stereocenters. The van der Waals surface area contributed by atoms with Crippen LogP contribution in [0.1, 0.15) is 36.5 Å². The van der Waals surface area contributed by atoms with Gasteiger partial charge in [0.2, 0.25) is 10.0 Å². The highest BCUT2D eigenvalue weighted by Crippen LogP contribution is 2.27. The Hall–Kier alpha value is -1.40. The van der Waals surface area contributed by atoms with Crippen LogP contribution in [-0.4, -0.2) is 32.3 Å². The summed E-state index contributed by atoms with van der Waals surface area (Å²) in [7, 11) is -3.78. The van der Waals surface area contributed by atoms with Gasteiger partial charge in [0.15, 0.2) is 0 Å². The van der Waals surface area contributed by atoms with Gasteiger partial charge in [-0.3, -0.25) is 4.79 Å². The normalized spacial score (nSPS) is 15.7. The molecule has 1 fully saturated rings. The van der Waals surface area contributed by atoms with Crippen LogP contribution in [0.25, 0.3) is 0 Å². The van der Waals surface area contributed by atoms with Crippen LogP contribution in [0.5, 0.6) is 0 Å². The van der Waals surface area contributed by atoms with Gasteiger partial charge in [0.25, 0.3) is 5.91 Å². The molecule has 0 heterocycles. The minimum atomic E-state index is -3.78. The maximum atomic E-state index is 12.4. The fraction of sp³-hybridized carbons (Fsp3) is 0.500. The lowest BCUT2D eigenvalue weighted by Crippen LogP contribution is -2.37. The highest BCUT2D eigenvalue weighted by Gasteiger charge is 2.24. The first-order valence-electron chi connectivity index (χ1n) is 6.84. The van der Waals surface area contributed by atoms with Gasteiger partial charge in [-0.05, 0) is 43.9 Å². The van der Waals surface area contributed by atoms with E-state index in [0.717, 1.165) is 6.54 Å². The molecule has 0 saturated heterocycles. The molecule has 0 unspecified atom stereocenters. The van der Waals surface area contributed by atoms with E-state index in [0.29, 0.717) is 18.0 Å². The Balaban J connectivity index is 2.18. The molecule has 0 bridgehead atoms. The fourth-order valence-electron chi connectivity index (χ4n) is 2.33. The molecule has 1 aliphatic carbocycles. The minimum Gasteiger partial charge on any atom is -0.339 e. The smallest absolute Gasteiger partial charge is 0.253 e. The number of primary sulfonamides is 1. The largest absolute Gasteiger partial charge is 0.339 e. The molecule has 0 aromatic heterocycles. The van der Waals surface area contributed by atoms with Crippen LogP contribution in [0.3, 0.4) is 0 Å². The highest BCUT2D eigenvalue weighted by atomic mass is 32.2. The Bertz CT molecular complexity index is 594. The Kier molecular flexibility index (Phi) is 4.45. The van der Waals surface area contributed by atoms with E-state index in [1.807, 2.05) is 6.92 Å². The molecule has 1 aromatic rings. The number of carbonyl (C=O) groups is 1. The zero-order chi connectivity index (χ0) is 14.8. The lowest BCUT2D eigenvalue weighted by molar-refractivity contribution is 0.0706. The van der Waals surface area contributed by atoms with Crippen molar-refractivity contribution < 1.29 is 13.2 Å². The first kappa shape index (κ1) is 15.0. The first-order chi connectivity index (χ1) is 9.41. The van der Waals surface area contributed by atoms with Crippen LogP contribution < -0.4 is 5.14 Å². The number of sulfonamides is 1. The standard InChI is InChI=1S/C14H20N2O3S/c1-2-16(10-11-5-3-6-11)14(17)12-7-4-8-13(9-12)20(15,18)19/h4,7-9,11H,2-3,5-6,10H2,1H3,(H2,15,18,19). The van der Waals surface area contributed by atoms with Crippen molar-refractivity contribution in [3.05, 3.63) is 29.8 Å². The van der Waals surface area contributed by atoms with E-state index in [1.165, 1.54) is 31.4 Å². The van der Waals surface area contributed by atoms with E-state index in [1.54, 1.807) is 17.0 Å². The molecule has 6 heteroatoms. The fourth-order valence-corrected chi connectivity index (χ4v) is 2.89. The number of nitrogens with zero attached hydrogens (tertiary/aromatic N) is 1. The maximum Gasteiger partial charge on any atom is 0.253 e. The van der Waals surface area contributed by atoms with Crippen LogP contribution in [-0.2, 0) is 10.0 Å². The Morgan fingerprint density at radius 2 is 2.10 bits per heavy atom. The Morgan fingerprint density at radius 1 is 1.40 bits per heavy atom. The van der Waals surface area contributed by atoms with Crippen molar-refractivity contribution in [2.45, 2.75) is 31.1 Å². The zero-order valence-corrected chi connectivity index (χ0v) is 12.4. The van der Waals surface area contributed by atoms with Crippen molar-refractivity contribution in [3.8, 4) is 0 Å². The van der Waals surface area contributed by atoms with Gasteiger partial charge in [-0.25, -0.2) is 13.6 Å². The predicted molar refractivity (Wildman–Crippen MR) is 76.7 cm³/mol. The number of hydrogen-bond donors (Lipinski definition) is 1. The zero-order valence-electron chi connectivity index (χ0n) is 11.6. The monoisotopic (exact) mass is 296 g/mol. The molecule has 5 nitrogen and oxygen atoms in total. The number of nitrogens with two attached hydrogens (primary N) is 1. The molecule has 110 valence electrons. The number of benzene rings is 1. The van der Waals surface area contributed by atoms with Crippen molar-refractivity contribution in [3.63, 3.8) is 0 Å². The van der Waals surface area contributed by atoms with E-state index < -0.39 is 10.0 Å². The molecule has 1 amide bonds. The van der Waals surface area contributed by atoms with Gasteiger partial charge in [0.05, 0.1) is 4.90 Å². The number of carbonyl (C=O) groups excluding carboxylic acids is 1. The lowest BCUT2D eigenvalue weighted by atomic mass is 9.85. The van der Waals surface area contributed by atoms with E-state index in [9.17, 15) is 13.2 Å². The van der Waals surface area contributed by atoms with Gasteiger partial charge in [0, 0.05) is 18.7 Å². The second kappa shape index (κ2) is 5.93. The molecule has 1 saturated carbocycles. The molecule has 20 heavy (non-hydrogen) atoms. The highest BCUT2D eigenvalue weighted by molar-refractivity contribution is 7.89. The molecular weight excluding hydrogens is 276 g/mol. The third-order valence-electron chi connectivity index (χ3n) is 3.78. The molecule has 2 N–H and O–H groups in total. The lowest BCUT2D eigenvalue weighted by Gasteiger charge is -2.31. The van der Waals surface area contributed by atoms with Gasteiger partial charge in [-0.2, -0.15) is 0 Å². The molecule has 0 spiro atoms. The van der Waals surface area contributed by atoms with Gasteiger partial charge in [-0.1, -0.05) is 12.5 Å². The second-order valence-electron chi connectivity index (χ2n) is 5.21. The summed E-state index contributed by atoms with van der Waals surface area (Å²) in [5.74, 6) is 0.449. The van der Waals surface area contributed by atoms with Gasteiger partial charge in [-0.15, -0.1) is 0 Å². The molecule has 0 radical (unpaired) electrons. The summed E-state index contributed by atoms with van der Waals surface area (Å²) < 4.78 is 22.7. The quantitative estimate of drug-likeness (QED) is 0.896. The van der Waals surface area contributed by atoms with Crippen molar-refractivity contribution in [1.82, 2.24) is 4.90 Å². The number of rotatable bonds is 5. The molecule has 1 aliphatic rings. The Labute approximate surface area is 119 Å². The predicted octanol–water partition coefficient (Wildman–Crippen LogP) is 1.60. The summed E-state index contributed by atoms with van der Waals surface area (Å²) in [6.45, 7) is 3.30. The van der Waals surface area contributed by atoms with Crippen LogP contribution >= 0.6 is 0 Å². The molecule has 1 aromatic carbocycles. The number of amides is 1. The van der Waals surface area contributed by atoms with E-state index in [-0.39, 0.29) is 10.8 Å². The summed E-state index contributed by atoms with van der Waals surface area (Å²) in [6, 6.07) is 5.92. The minimum absolute atomic E-state index is 0.0250. The summed E-state index contributed by atoms with van der Waals surface area (Å²) in [5.41, 5.74) is 0.373. The van der Waals surface area contributed by atoms with Crippen molar-refractivity contribution in [1.29, 1.82) is 0 Å². The first-order valence-corrected chi connectivity index (χ1v) is 8.38. The SMILES string of the molecule is CCN(CC1CCC1)C(=O)c1cccc(S(N)(=O)=O)c1. The van der Waals surface area contributed by atoms with Crippen LogP contribution in [0.2, 0.25) is 0 Å². The third-order valence-corrected chi connectivity index (χ3v) is 4.69. The van der Waals surface area contributed by atoms with Crippen LogP contribution in [0.15, 0.2) is 29.2 Å². The van der Waals surface area contributed by atoms with Crippen molar-refractivity contribution in [2.75, 3.05) is 13.1 Å². The van der Waals surface area contributed by atoms with E-state index in [4.69, 9.17) is 5.14 Å². The molecule has 2 rings (SSSR count). The Morgan fingerprint density at radius 3 is 2.60 bits per heavy atom. The summed E-state index contributed by atoms with van der Waals surface area (Å²) >= 11 is 0. The third kappa shape index (κ3) is 3.37. The van der Waals surface area contributed by atoms with Crippen LogP contribution in [0.4, 0.5) is 0 Å². The van der Waals surface area contributed by atoms with Crippen molar-refractivity contribution in [2.24, 2.45) is 11.1 Å². The summed E-state index contributed by atoms with van der Waals surface area (Å²) in [5, 5.41) is 5.09. The summed E-state index contributed by atoms with van der Waals surface area (Å²) in [4.78, 5) is 14.2. The second-order valence-corrected chi connectivity index (χ2v) is 6.77. The van der Waals surface area contributed by atoms with Crippen LogP contribution in [0, 0.1) is 5.92 Å². The van der Waals surface area contributed by atoms with E-state index in [2.05, 4.69) is 0 Å². The molecule has 0 aliphatic heterocycles. The molecular formula is C14H20N2O3S. The average molecular weight is 296 g/mol. The van der Waals surface area contributed by atoms with Gasteiger partial charge >= 0.3 is 0 Å². The number of hydrogen-bond acceptors (Lipinski definition) is 3.